The van der Waals surface area contributed by atoms with E-state index in [0.29, 0.717) is 17.6 Å². The Morgan fingerprint density at radius 1 is 1.53 bits per heavy atom. The third-order valence-electron chi connectivity index (χ3n) is 3.50. The summed E-state index contributed by atoms with van der Waals surface area (Å²) >= 11 is 6.04. The van der Waals surface area contributed by atoms with E-state index in [-0.39, 0.29) is 5.91 Å². The SMILES string of the molecule is CNC1CCN(CC(=O)Nc2ccc(C)c(Cl)c2)C1. The smallest absolute Gasteiger partial charge is 0.238 e. The van der Waals surface area contributed by atoms with Gasteiger partial charge in [-0.1, -0.05) is 17.7 Å². The van der Waals surface area contributed by atoms with Gasteiger partial charge in [-0.3, -0.25) is 9.69 Å². The van der Waals surface area contributed by atoms with Crippen molar-refractivity contribution < 1.29 is 4.79 Å². The van der Waals surface area contributed by atoms with Gasteiger partial charge in [-0.2, -0.15) is 0 Å². The molecule has 1 aromatic rings. The van der Waals surface area contributed by atoms with Gasteiger partial charge in [0.05, 0.1) is 6.54 Å². The summed E-state index contributed by atoms with van der Waals surface area (Å²) in [5, 5.41) is 6.80. The molecule has 1 unspecified atom stereocenters. The third-order valence-corrected chi connectivity index (χ3v) is 3.91. The molecular weight excluding hydrogens is 262 g/mol. The van der Waals surface area contributed by atoms with Crippen molar-refractivity contribution in [1.29, 1.82) is 0 Å². The van der Waals surface area contributed by atoms with E-state index < -0.39 is 0 Å². The van der Waals surface area contributed by atoms with Crippen LogP contribution in [-0.4, -0.2) is 43.5 Å². The Kier molecular flexibility index (Phi) is 4.80. The van der Waals surface area contributed by atoms with E-state index in [1.807, 2.05) is 26.1 Å². The van der Waals surface area contributed by atoms with Crippen molar-refractivity contribution in [3.8, 4) is 0 Å². The van der Waals surface area contributed by atoms with Crippen molar-refractivity contribution in [3.05, 3.63) is 28.8 Å². The van der Waals surface area contributed by atoms with E-state index in [1.165, 1.54) is 0 Å². The van der Waals surface area contributed by atoms with Crippen LogP contribution in [0.3, 0.4) is 0 Å². The maximum atomic E-state index is 11.9. The molecule has 1 atom stereocenters. The summed E-state index contributed by atoms with van der Waals surface area (Å²) in [7, 11) is 1.96. The zero-order valence-corrected chi connectivity index (χ0v) is 12.1. The minimum Gasteiger partial charge on any atom is -0.325 e. The standard InChI is InChI=1S/C14H20ClN3O/c1-10-3-4-11(7-13(10)15)17-14(19)9-18-6-5-12(8-18)16-2/h3-4,7,12,16H,5-6,8-9H2,1-2H3,(H,17,19). The Hall–Kier alpha value is -1.10. The van der Waals surface area contributed by atoms with E-state index in [2.05, 4.69) is 15.5 Å². The maximum Gasteiger partial charge on any atom is 0.238 e. The topological polar surface area (TPSA) is 44.4 Å². The molecule has 1 heterocycles. The van der Waals surface area contributed by atoms with Crippen molar-refractivity contribution >= 4 is 23.2 Å². The Balaban J connectivity index is 1.86. The van der Waals surface area contributed by atoms with Gasteiger partial charge in [0, 0.05) is 29.8 Å². The van der Waals surface area contributed by atoms with E-state index in [4.69, 9.17) is 11.6 Å². The van der Waals surface area contributed by atoms with Gasteiger partial charge in [-0.15, -0.1) is 0 Å². The fourth-order valence-electron chi connectivity index (χ4n) is 2.29. The first-order valence-electron chi connectivity index (χ1n) is 6.54. The first-order valence-corrected chi connectivity index (χ1v) is 6.92. The molecule has 0 bridgehead atoms. The number of benzene rings is 1. The number of likely N-dealkylation sites (tertiary alicyclic amines) is 1. The number of anilines is 1. The van der Waals surface area contributed by atoms with Gasteiger partial charge in [-0.25, -0.2) is 0 Å². The molecule has 5 heteroatoms. The molecule has 1 amide bonds. The molecular formula is C14H20ClN3O. The van der Waals surface area contributed by atoms with Crippen LogP contribution in [0.15, 0.2) is 18.2 Å². The summed E-state index contributed by atoms with van der Waals surface area (Å²) in [5.74, 6) is 0.0108. The highest BCUT2D eigenvalue weighted by molar-refractivity contribution is 6.31. The van der Waals surface area contributed by atoms with Gasteiger partial charge in [-0.05, 0) is 38.1 Å². The van der Waals surface area contributed by atoms with E-state index in [1.54, 1.807) is 6.07 Å². The summed E-state index contributed by atoms with van der Waals surface area (Å²) in [6.45, 7) is 4.27. The minimum atomic E-state index is 0.0108. The monoisotopic (exact) mass is 281 g/mol. The van der Waals surface area contributed by atoms with Crippen LogP contribution in [-0.2, 0) is 4.79 Å². The largest absolute Gasteiger partial charge is 0.325 e. The van der Waals surface area contributed by atoms with Gasteiger partial charge in [0.25, 0.3) is 0 Å². The lowest BCUT2D eigenvalue weighted by atomic mass is 10.2. The number of halogens is 1. The van der Waals surface area contributed by atoms with Gasteiger partial charge < -0.3 is 10.6 Å². The Morgan fingerprint density at radius 3 is 2.95 bits per heavy atom. The lowest BCUT2D eigenvalue weighted by Gasteiger charge is -2.15. The molecule has 0 spiro atoms. The van der Waals surface area contributed by atoms with E-state index in [0.717, 1.165) is 30.8 Å². The Labute approximate surface area is 119 Å². The number of nitrogens with zero attached hydrogens (tertiary/aromatic N) is 1. The van der Waals surface area contributed by atoms with Crippen molar-refractivity contribution in [2.75, 3.05) is 32.0 Å². The van der Waals surface area contributed by atoms with Crippen LogP contribution >= 0.6 is 11.6 Å². The zero-order chi connectivity index (χ0) is 13.8. The van der Waals surface area contributed by atoms with Gasteiger partial charge in [0.2, 0.25) is 5.91 Å². The molecule has 2 rings (SSSR count). The lowest BCUT2D eigenvalue weighted by molar-refractivity contribution is -0.117. The molecule has 2 N–H and O–H groups in total. The van der Waals surface area contributed by atoms with Gasteiger partial charge in [0.15, 0.2) is 0 Å². The number of carbonyl (C=O) groups excluding carboxylic acids is 1. The summed E-state index contributed by atoms with van der Waals surface area (Å²) in [4.78, 5) is 14.1. The average Bonchev–Trinajstić information content (AvgIpc) is 2.81. The van der Waals surface area contributed by atoms with Crippen molar-refractivity contribution in [3.63, 3.8) is 0 Å². The summed E-state index contributed by atoms with van der Waals surface area (Å²) in [5.41, 5.74) is 1.76. The lowest BCUT2D eigenvalue weighted by Crippen LogP contribution is -2.34. The molecule has 0 saturated carbocycles. The van der Waals surface area contributed by atoms with Gasteiger partial charge in [0.1, 0.15) is 0 Å². The van der Waals surface area contributed by atoms with Crippen molar-refractivity contribution in [1.82, 2.24) is 10.2 Å². The number of aryl methyl sites for hydroxylation is 1. The second-order valence-electron chi connectivity index (χ2n) is 5.02. The summed E-state index contributed by atoms with van der Waals surface area (Å²) < 4.78 is 0. The quantitative estimate of drug-likeness (QED) is 0.886. The number of rotatable bonds is 4. The number of hydrogen-bond acceptors (Lipinski definition) is 3. The van der Waals surface area contributed by atoms with Crippen LogP contribution < -0.4 is 10.6 Å². The van der Waals surface area contributed by atoms with Gasteiger partial charge >= 0.3 is 0 Å². The molecule has 1 aliphatic rings. The molecule has 4 nitrogen and oxygen atoms in total. The molecule has 0 radical (unpaired) electrons. The van der Waals surface area contributed by atoms with Crippen LogP contribution in [0.25, 0.3) is 0 Å². The summed E-state index contributed by atoms with van der Waals surface area (Å²) in [6, 6.07) is 6.07. The molecule has 0 aliphatic carbocycles. The molecule has 19 heavy (non-hydrogen) atoms. The van der Waals surface area contributed by atoms with Crippen LogP contribution in [0.1, 0.15) is 12.0 Å². The molecule has 1 fully saturated rings. The highest BCUT2D eigenvalue weighted by atomic mass is 35.5. The van der Waals surface area contributed by atoms with Crippen molar-refractivity contribution in [2.45, 2.75) is 19.4 Å². The average molecular weight is 282 g/mol. The second-order valence-corrected chi connectivity index (χ2v) is 5.43. The van der Waals surface area contributed by atoms with Crippen LogP contribution in [0.2, 0.25) is 5.02 Å². The third kappa shape index (κ3) is 3.93. The number of carbonyl (C=O) groups is 1. The number of likely N-dealkylation sites (N-methyl/N-ethyl adjacent to an activating group) is 1. The van der Waals surface area contributed by atoms with Crippen LogP contribution in [0.5, 0.6) is 0 Å². The normalized spacial score (nSPS) is 19.6. The molecule has 1 saturated heterocycles. The Morgan fingerprint density at radius 2 is 2.32 bits per heavy atom. The predicted molar refractivity (Wildman–Crippen MR) is 78.7 cm³/mol. The summed E-state index contributed by atoms with van der Waals surface area (Å²) in [6.07, 6.45) is 1.10. The van der Waals surface area contributed by atoms with Crippen LogP contribution in [0.4, 0.5) is 5.69 Å². The zero-order valence-electron chi connectivity index (χ0n) is 11.4. The van der Waals surface area contributed by atoms with E-state index in [9.17, 15) is 4.79 Å². The van der Waals surface area contributed by atoms with Crippen molar-refractivity contribution in [2.24, 2.45) is 0 Å². The fourth-order valence-corrected chi connectivity index (χ4v) is 2.47. The predicted octanol–water partition coefficient (Wildman–Crippen LogP) is 1.88. The number of amides is 1. The fraction of sp³-hybridized carbons (Fsp3) is 0.500. The minimum absolute atomic E-state index is 0.0108. The molecule has 1 aromatic carbocycles. The Bertz CT molecular complexity index is 464. The highest BCUT2D eigenvalue weighted by Crippen LogP contribution is 2.20. The number of hydrogen-bond donors (Lipinski definition) is 2. The molecule has 0 aromatic heterocycles. The number of nitrogens with one attached hydrogen (secondary N) is 2. The maximum absolute atomic E-state index is 11.9. The first-order chi connectivity index (χ1) is 9.08. The van der Waals surface area contributed by atoms with Crippen LogP contribution in [0, 0.1) is 6.92 Å². The first kappa shape index (κ1) is 14.3. The molecule has 1 aliphatic heterocycles. The highest BCUT2D eigenvalue weighted by Gasteiger charge is 2.22. The van der Waals surface area contributed by atoms with E-state index >= 15 is 0 Å². The second kappa shape index (κ2) is 6.37. The molecule has 104 valence electrons.